The van der Waals surface area contributed by atoms with Crippen LogP contribution < -0.4 is 4.74 Å². The lowest BCUT2D eigenvalue weighted by molar-refractivity contribution is -0.160. The summed E-state index contributed by atoms with van der Waals surface area (Å²) in [4.78, 5) is 17.2. The molecule has 2 heterocycles. The summed E-state index contributed by atoms with van der Waals surface area (Å²) in [6.45, 7) is 10.1. The minimum absolute atomic E-state index is 0.536. The van der Waals surface area contributed by atoms with E-state index < -0.39 is 17.7 Å². The lowest BCUT2D eigenvalue weighted by atomic mass is 9.86. The number of aryl methyl sites for hydroxylation is 1. The molecule has 1 atom stereocenters. The third kappa shape index (κ3) is 4.07. The summed E-state index contributed by atoms with van der Waals surface area (Å²) in [5.74, 6) is -0.317. The third-order valence-corrected chi connectivity index (χ3v) is 6.06. The number of hydrogen-bond acceptors (Lipinski definition) is 4. The SMILES string of the molecule is Cc1nc2ccccc2c(-c2cc(Cl)c3c(c2C)CCCO3)c1[C@H](OC(C)(C)C)C(=O)O. The number of fused-ring (bicyclic) bond motifs is 2. The molecule has 3 aromatic rings. The number of carbonyl (C=O) groups is 1. The van der Waals surface area contributed by atoms with Gasteiger partial charge in [0.2, 0.25) is 0 Å². The van der Waals surface area contributed by atoms with Gasteiger partial charge in [0, 0.05) is 16.6 Å². The minimum atomic E-state index is -1.17. The summed E-state index contributed by atoms with van der Waals surface area (Å²) in [5.41, 5.74) is 5.13. The number of rotatable bonds is 4. The Morgan fingerprint density at radius 2 is 1.97 bits per heavy atom. The van der Waals surface area contributed by atoms with E-state index >= 15 is 0 Å². The van der Waals surface area contributed by atoms with Crippen LogP contribution in [-0.4, -0.2) is 28.3 Å². The van der Waals surface area contributed by atoms with Crippen LogP contribution in [0.4, 0.5) is 0 Å². The summed E-state index contributed by atoms with van der Waals surface area (Å²) < 4.78 is 11.9. The predicted molar refractivity (Wildman–Crippen MR) is 127 cm³/mol. The van der Waals surface area contributed by atoms with E-state index in [2.05, 4.69) is 0 Å². The molecule has 0 unspecified atom stereocenters. The van der Waals surface area contributed by atoms with E-state index in [1.54, 1.807) is 0 Å². The molecule has 0 radical (unpaired) electrons. The van der Waals surface area contributed by atoms with Crippen molar-refractivity contribution in [3.8, 4) is 16.9 Å². The highest BCUT2D eigenvalue weighted by molar-refractivity contribution is 6.32. The zero-order valence-corrected chi connectivity index (χ0v) is 19.8. The maximum atomic E-state index is 12.4. The number of hydrogen-bond donors (Lipinski definition) is 1. The number of pyridine rings is 1. The predicted octanol–water partition coefficient (Wildman–Crippen LogP) is 6.44. The smallest absolute Gasteiger partial charge is 0.337 e. The summed E-state index contributed by atoms with van der Waals surface area (Å²) in [6, 6.07) is 9.67. The van der Waals surface area contributed by atoms with Crippen LogP contribution in [0.1, 0.15) is 55.7 Å². The number of aromatic nitrogens is 1. The fourth-order valence-corrected chi connectivity index (χ4v) is 4.74. The molecule has 0 aliphatic carbocycles. The van der Waals surface area contributed by atoms with Crippen molar-refractivity contribution in [2.45, 2.75) is 59.2 Å². The van der Waals surface area contributed by atoms with E-state index in [1.165, 1.54) is 0 Å². The Morgan fingerprint density at radius 3 is 2.66 bits per heavy atom. The highest BCUT2D eigenvalue weighted by Gasteiger charge is 2.33. The van der Waals surface area contributed by atoms with E-state index in [-0.39, 0.29) is 0 Å². The van der Waals surface area contributed by atoms with Crippen molar-refractivity contribution >= 4 is 28.5 Å². The van der Waals surface area contributed by atoms with Crippen LogP contribution in [0.25, 0.3) is 22.0 Å². The number of carboxylic acids is 1. The van der Waals surface area contributed by atoms with E-state index in [0.29, 0.717) is 22.9 Å². The van der Waals surface area contributed by atoms with Gasteiger partial charge in [0.05, 0.1) is 22.7 Å². The number of carboxylic acid groups (broad SMARTS) is 1. The molecule has 0 bridgehead atoms. The molecule has 0 amide bonds. The summed E-state index contributed by atoms with van der Waals surface area (Å²) in [5, 5.41) is 11.6. The van der Waals surface area contributed by atoms with Gasteiger partial charge in [-0.05, 0) is 81.8 Å². The van der Waals surface area contributed by atoms with Crippen LogP contribution >= 0.6 is 11.6 Å². The number of benzene rings is 2. The molecular weight excluding hydrogens is 426 g/mol. The number of para-hydroxylation sites is 1. The average molecular weight is 454 g/mol. The van der Waals surface area contributed by atoms with Crippen LogP contribution in [0.2, 0.25) is 5.02 Å². The van der Waals surface area contributed by atoms with Crippen molar-refractivity contribution in [1.82, 2.24) is 4.98 Å². The molecule has 4 rings (SSSR count). The first kappa shape index (κ1) is 22.6. The molecule has 168 valence electrons. The first-order valence-corrected chi connectivity index (χ1v) is 11.2. The molecule has 1 aromatic heterocycles. The molecule has 6 heteroatoms. The normalized spacial score (nSPS) is 14.7. The van der Waals surface area contributed by atoms with Crippen molar-refractivity contribution in [3.63, 3.8) is 0 Å². The number of ether oxygens (including phenoxy) is 2. The van der Waals surface area contributed by atoms with Crippen molar-refractivity contribution in [1.29, 1.82) is 0 Å². The Morgan fingerprint density at radius 1 is 1.25 bits per heavy atom. The maximum absolute atomic E-state index is 12.4. The van der Waals surface area contributed by atoms with E-state index in [0.717, 1.165) is 51.7 Å². The van der Waals surface area contributed by atoms with Gasteiger partial charge in [0.25, 0.3) is 0 Å². The van der Waals surface area contributed by atoms with Crippen molar-refractivity contribution < 1.29 is 19.4 Å². The van der Waals surface area contributed by atoms with Gasteiger partial charge in [-0.1, -0.05) is 29.8 Å². The van der Waals surface area contributed by atoms with Crippen LogP contribution in [-0.2, 0) is 16.0 Å². The minimum Gasteiger partial charge on any atom is -0.492 e. The third-order valence-electron chi connectivity index (χ3n) is 5.78. The maximum Gasteiger partial charge on any atom is 0.337 e. The number of halogens is 1. The van der Waals surface area contributed by atoms with Crippen LogP contribution in [0, 0.1) is 13.8 Å². The van der Waals surface area contributed by atoms with E-state index in [4.69, 9.17) is 26.1 Å². The molecule has 0 fully saturated rings. The average Bonchev–Trinajstić information content (AvgIpc) is 2.73. The summed E-state index contributed by atoms with van der Waals surface area (Å²) >= 11 is 6.67. The Bertz CT molecular complexity index is 1210. The fourth-order valence-electron chi connectivity index (χ4n) is 4.46. The Hall–Kier alpha value is -2.63. The van der Waals surface area contributed by atoms with Gasteiger partial charge in [-0.3, -0.25) is 4.98 Å². The summed E-state index contributed by atoms with van der Waals surface area (Å²) in [7, 11) is 0. The molecule has 32 heavy (non-hydrogen) atoms. The van der Waals surface area contributed by atoms with Gasteiger partial charge in [-0.15, -0.1) is 0 Å². The van der Waals surface area contributed by atoms with Crippen LogP contribution in [0.5, 0.6) is 5.75 Å². The van der Waals surface area contributed by atoms with Crippen LogP contribution in [0.3, 0.4) is 0 Å². The second kappa shape index (κ2) is 8.38. The van der Waals surface area contributed by atoms with Crippen molar-refractivity contribution in [3.05, 3.63) is 57.7 Å². The molecule has 0 spiro atoms. The van der Waals surface area contributed by atoms with Crippen molar-refractivity contribution in [2.24, 2.45) is 0 Å². The van der Waals surface area contributed by atoms with Gasteiger partial charge in [0.1, 0.15) is 5.75 Å². The van der Waals surface area contributed by atoms with Gasteiger partial charge in [-0.25, -0.2) is 4.79 Å². The van der Waals surface area contributed by atoms with Gasteiger partial charge < -0.3 is 14.6 Å². The van der Waals surface area contributed by atoms with Gasteiger partial charge in [0.15, 0.2) is 6.10 Å². The molecular formula is C26H28ClNO4. The standard InChI is InChI=1S/C26H28ClNO4/c1-14-16-10-8-12-31-23(16)19(27)13-18(14)22-17-9-6-7-11-20(17)28-15(2)21(22)24(25(29)30)32-26(3,4)5/h6-7,9,11,13,24H,8,10,12H2,1-5H3,(H,29,30)/t24-/m0/s1. The molecule has 5 nitrogen and oxygen atoms in total. The van der Waals surface area contributed by atoms with E-state index in [1.807, 2.05) is 65.0 Å². The van der Waals surface area contributed by atoms with Gasteiger partial charge >= 0.3 is 5.97 Å². The monoisotopic (exact) mass is 453 g/mol. The Labute approximate surface area is 193 Å². The molecule has 0 saturated carbocycles. The number of aliphatic carboxylic acids is 1. The summed E-state index contributed by atoms with van der Waals surface area (Å²) in [6.07, 6.45) is 0.613. The van der Waals surface area contributed by atoms with E-state index in [9.17, 15) is 9.90 Å². The first-order valence-electron chi connectivity index (χ1n) is 10.8. The van der Waals surface area contributed by atoms with Gasteiger partial charge in [-0.2, -0.15) is 0 Å². The molecule has 1 aliphatic heterocycles. The first-order chi connectivity index (χ1) is 15.1. The molecule has 1 N–H and O–H groups in total. The zero-order valence-electron chi connectivity index (χ0n) is 19.1. The molecule has 0 saturated heterocycles. The second-order valence-electron chi connectivity index (χ2n) is 9.24. The van der Waals surface area contributed by atoms with Crippen molar-refractivity contribution in [2.75, 3.05) is 6.61 Å². The molecule has 2 aromatic carbocycles. The second-order valence-corrected chi connectivity index (χ2v) is 9.65. The quantitative estimate of drug-likeness (QED) is 0.492. The largest absolute Gasteiger partial charge is 0.492 e. The highest BCUT2D eigenvalue weighted by atomic mass is 35.5. The lowest BCUT2D eigenvalue weighted by Gasteiger charge is -2.29. The number of nitrogens with zero attached hydrogens (tertiary/aromatic N) is 1. The highest BCUT2D eigenvalue weighted by Crippen LogP contribution is 2.45. The molecule has 1 aliphatic rings. The van der Waals surface area contributed by atoms with Crippen LogP contribution in [0.15, 0.2) is 30.3 Å². The Balaban J connectivity index is 2.10. The Kier molecular flexibility index (Phi) is 5.91. The zero-order chi connectivity index (χ0) is 23.2. The topological polar surface area (TPSA) is 68.7 Å². The fraction of sp³-hybridized carbons (Fsp3) is 0.385. The lowest BCUT2D eigenvalue weighted by Crippen LogP contribution is -2.28.